The van der Waals surface area contributed by atoms with Crippen LogP contribution in [0.4, 0.5) is 5.69 Å². The molecule has 27 heavy (non-hydrogen) atoms. The molecule has 1 heterocycles. The monoisotopic (exact) mass is 381 g/mol. The van der Waals surface area contributed by atoms with Crippen LogP contribution >= 0.6 is 11.8 Å². The Morgan fingerprint density at radius 2 is 1.96 bits per heavy atom. The van der Waals surface area contributed by atoms with E-state index in [2.05, 4.69) is 11.1 Å². The molecular weight excluding hydrogens is 358 g/mol. The number of carbonyl (C=O) groups excluding carboxylic acids is 1. The lowest BCUT2D eigenvalue weighted by Gasteiger charge is -2.21. The van der Waals surface area contributed by atoms with Gasteiger partial charge < -0.3 is 14.2 Å². The van der Waals surface area contributed by atoms with Gasteiger partial charge in [0.1, 0.15) is 0 Å². The highest BCUT2D eigenvalue weighted by atomic mass is 32.2. The Labute approximate surface area is 163 Å². The van der Waals surface area contributed by atoms with Crippen LogP contribution in [-0.4, -0.2) is 41.5 Å². The summed E-state index contributed by atoms with van der Waals surface area (Å²) in [6.45, 7) is 5.54. The molecule has 3 aromatic rings. The van der Waals surface area contributed by atoms with E-state index < -0.39 is 0 Å². The summed E-state index contributed by atoms with van der Waals surface area (Å²) < 4.78 is 7.34. The number of hydrogen-bond donors (Lipinski definition) is 0. The van der Waals surface area contributed by atoms with Gasteiger partial charge in [0.2, 0.25) is 5.91 Å². The van der Waals surface area contributed by atoms with E-state index in [0.29, 0.717) is 25.4 Å². The highest BCUT2D eigenvalue weighted by molar-refractivity contribution is 7.99. The number of nitrogens with zero attached hydrogens (tertiary/aromatic N) is 3. The van der Waals surface area contributed by atoms with Gasteiger partial charge in [0.05, 0.1) is 23.4 Å². The van der Waals surface area contributed by atoms with Crippen LogP contribution < -0.4 is 4.90 Å². The Bertz CT molecular complexity index is 908. The molecule has 5 nitrogen and oxygen atoms in total. The second-order valence-corrected chi connectivity index (χ2v) is 6.89. The smallest absolute Gasteiger partial charge is 0.237 e. The van der Waals surface area contributed by atoms with Crippen molar-refractivity contribution in [2.24, 2.45) is 0 Å². The maximum atomic E-state index is 12.8. The lowest BCUT2D eigenvalue weighted by Crippen LogP contribution is -2.32. The SMILES string of the molecule is C=CCN(C(=O)CSc1nc2ccccc2n1CCOC)c1ccccc1. The molecule has 140 valence electrons. The number of ether oxygens (including phenoxy) is 1. The van der Waals surface area contributed by atoms with Gasteiger partial charge in [0.15, 0.2) is 5.16 Å². The second-order valence-electron chi connectivity index (χ2n) is 5.94. The van der Waals surface area contributed by atoms with Gasteiger partial charge in [-0.1, -0.05) is 48.2 Å². The molecule has 0 atom stereocenters. The van der Waals surface area contributed by atoms with Crippen molar-refractivity contribution in [2.75, 3.05) is 30.9 Å². The summed E-state index contributed by atoms with van der Waals surface area (Å²) in [4.78, 5) is 19.3. The first kappa shape index (κ1) is 19.2. The van der Waals surface area contributed by atoms with Crippen molar-refractivity contribution in [3.05, 3.63) is 67.3 Å². The Kier molecular flexibility index (Phi) is 6.68. The van der Waals surface area contributed by atoms with Gasteiger partial charge in [-0.05, 0) is 24.3 Å². The molecule has 0 aliphatic carbocycles. The number of rotatable bonds is 9. The van der Waals surface area contributed by atoms with Crippen LogP contribution in [0.1, 0.15) is 0 Å². The predicted molar refractivity (Wildman–Crippen MR) is 111 cm³/mol. The minimum Gasteiger partial charge on any atom is -0.383 e. The summed E-state index contributed by atoms with van der Waals surface area (Å²) in [5.74, 6) is 0.329. The van der Waals surface area contributed by atoms with Crippen molar-refractivity contribution >= 4 is 34.4 Å². The Balaban J connectivity index is 1.78. The first-order valence-corrected chi connectivity index (χ1v) is 9.76. The van der Waals surface area contributed by atoms with E-state index in [1.54, 1.807) is 18.1 Å². The summed E-state index contributed by atoms with van der Waals surface area (Å²) in [5.41, 5.74) is 2.85. The number of anilines is 1. The molecule has 3 rings (SSSR count). The number of amides is 1. The first-order valence-electron chi connectivity index (χ1n) is 8.78. The third-order valence-corrected chi connectivity index (χ3v) is 5.11. The molecule has 2 aromatic carbocycles. The minimum absolute atomic E-state index is 0.0245. The van der Waals surface area contributed by atoms with Gasteiger partial charge in [0.25, 0.3) is 0 Å². The summed E-state index contributed by atoms with van der Waals surface area (Å²) in [7, 11) is 1.68. The summed E-state index contributed by atoms with van der Waals surface area (Å²) in [6.07, 6.45) is 1.74. The molecule has 0 spiro atoms. The van der Waals surface area contributed by atoms with Crippen LogP contribution in [0.3, 0.4) is 0 Å². The maximum absolute atomic E-state index is 12.8. The molecule has 1 amide bonds. The number of benzene rings is 2. The fourth-order valence-corrected chi connectivity index (χ4v) is 3.77. The minimum atomic E-state index is 0.0245. The van der Waals surface area contributed by atoms with Crippen LogP contribution in [0.15, 0.2) is 72.4 Å². The summed E-state index contributed by atoms with van der Waals surface area (Å²) in [6, 6.07) is 17.6. The van der Waals surface area contributed by atoms with Gasteiger partial charge in [-0.3, -0.25) is 4.79 Å². The number of fused-ring (bicyclic) bond motifs is 1. The molecule has 0 aliphatic rings. The average Bonchev–Trinajstić information content (AvgIpc) is 3.06. The molecule has 0 bridgehead atoms. The quantitative estimate of drug-likeness (QED) is 0.415. The van der Waals surface area contributed by atoms with Gasteiger partial charge in [-0.2, -0.15) is 0 Å². The molecule has 0 aliphatic heterocycles. The highest BCUT2D eigenvalue weighted by Gasteiger charge is 2.17. The van der Waals surface area contributed by atoms with Gasteiger partial charge in [-0.25, -0.2) is 4.98 Å². The summed E-state index contributed by atoms with van der Waals surface area (Å²) >= 11 is 1.45. The Morgan fingerprint density at radius 1 is 1.22 bits per heavy atom. The zero-order valence-corrected chi connectivity index (χ0v) is 16.2. The molecule has 0 saturated heterocycles. The largest absolute Gasteiger partial charge is 0.383 e. The molecule has 1 aromatic heterocycles. The number of para-hydroxylation sites is 3. The van der Waals surface area contributed by atoms with Crippen LogP contribution in [-0.2, 0) is 16.1 Å². The highest BCUT2D eigenvalue weighted by Crippen LogP contribution is 2.25. The molecule has 0 N–H and O–H groups in total. The van der Waals surface area contributed by atoms with E-state index in [0.717, 1.165) is 21.9 Å². The lowest BCUT2D eigenvalue weighted by molar-refractivity contribution is -0.116. The third-order valence-electron chi connectivity index (χ3n) is 4.14. The van der Waals surface area contributed by atoms with Crippen molar-refractivity contribution in [1.82, 2.24) is 9.55 Å². The standard InChI is InChI=1S/C21H23N3O2S/c1-3-13-23(17-9-5-4-6-10-17)20(25)16-27-21-22-18-11-7-8-12-19(18)24(21)14-15-26-2/h3-12H,1,13-16H2,2H3. The van der Waals surface area contributed by atoms with Crippen molar-refractivity contribution < 1.29 is 9.53 Å². The topological polar surface area (TPSA) is 47.4 Å². The van der Waals surface area contributed by atoms with Crippen molar-refractivity contribution in [1.29, 1.82) is 0 Å². The predicted octanol–water partition coefficient (Wildman–Crippen LogP) is 3.99. The number of imidazole rings is 1. The van der Waals surface area contributed by atoms with E-state index in [-0.39, 0.29) is 5.91 Å². The molecule has 0 saturated carbocycles. The number of methoxy groups -OCH3 is 1. The van der Waals surface area contributed by atoms with Crippen LogP contribution in [0.2, 0.25) is 0 Å². The van der Waals surface area contributed by atoms with E-state index in [1.807, 2.05) is 54.6 Å². The zero-order chi connectivity index (χ0) is 19.1. The normalized spacial score (nSPS) is 10.9. The van der Waals surface area contributed by atoms with E-state index in [4.69, 9.17) is 9.72 Å². The van der Waals surface area contributed by atoms with Crippen LogP contribution in [0, 0.1) is 0 Å². The van der Waals surface area contributed by atoms with E-state index in [1.165, 1.54) is 11.8 Å². The Hall–Kier alpha value is -2.57. The van der Waals surface area contributed by atoms with Gasteiger partial charge >= 0.3 is 0 Å². The van der Waals surface area contributed by atoms with Gasteiger partial charge in [0, 0.05) is 25.9 Å². The van der Waals surface area contributed by atoms with Crippen molar-refractivity contribution in [2.45, 2.75) is 11.7 Å². The summed E-state index contributed by atoms with van der Waals surface area (Å²) in [5, 5.41) is 0.827. The number of thioether (sulfide) groups is 1. The zero-order valence-electron chi connectivity index (χ0n) is 15.4. The molecule has 0 unspecified atom stereocenters. The molecule has 6 heteroatoms. The maximum Gasteiger partial charge on any atom is 0.237 e. The van der Waals surface area contributed by atoms with Crippen molar-refractivity contribution in [3.63, 3.8) is 0 Å². The van der Waals surface area contributed by atoms with E-state index >= 15 is 0 Å². The van der Waals surface area contributed by atoms with E-state index in [9.17, 15) is 4.79 Å². The molecular formula is C21H23N3O2S. The van der Waals surface area contributed by atoms with Crippen molar-refractivity contribution in [3.8, 4) is 0 Å². The first-order chi connectivity index (χ1) is 13.2. The number of carbonyl (C=O) groups is 1. The fraction of sp³-hybridized carbons (Fsp3) is 0.238. The number of hydrogen-bond acceptors (Lipinski definition) is 4. The molecule has 0 radical (unpaired) electrons. The Morgan fingerprint density at radius 3 is 2.70 bits per heavy atom. The lowest BCUT2D eigenvalue weighted by atomic mass is 10.3. The average molecular weight is 382 g/mol. The third kappa shape index (κ3) is 4.59. The van der Waals surface area contributed by atoms with Crippen LogP contribution in [0.5, 0.6) is 0 Å². The fourth-order valence-electron chi connectivity index (χ4n) is 2.85. The van der Waals surface area contributed by atoms with Gasteiger partial charge in [-0.15, -0.1) is 6.58 Å². The second kappa shape index (κ2) is 9.39. The molecule has 0 fully saturated rings. The number of aromatic nitrogens is 2. The van der Waals surface area contributed by atoms with Crippen LogP contribution in [0.25, 0.3) is 11.0 Å².